The van der Waals surface area contributed by atoms with E-state index in [0.717, 1.165) is 16.7 Å². The van der Waals surface area contributed by atoms with Crippen molar-refractivity contribution in [2.45, 2.75) is 6.54 Å². The molecule has 1 N–H and O–H groups in total. The van der Waals surface area contributed by atoms with E-state index in [1.165, 1.54) is 19.2 Å². The first-order valence-corrected chi connectivity index (χ1v) is 11.9. The van der Waals surface area contributed by atoms with Gasteiger partial charge >= 0.3 is 0 Å². The van der Waals surface area contributed by atoms with E-state index in [-0.39, 0.29) is 29.5 Å². The molecule has 7 nitrogen and oxygen atoms in total. The maximum atomic E-state index is 14.0. The molecule has 3 aromatic carbocycles. The predicted octanol–water partition coefficient (Wildman–Crippen LogP) is 5.74. The molecular formula is C26H20ClFN2O5S. The van der Waals surface area contributed by atoms with Gasteiger partial charge in [0, 0.05) is 16.3 Å². The Balaban J connectivity index is 1.42. The molecule has 10 heteroatoms. The number of benzene rings is 3. The van der Waals surface area contributed by atoms with E-state index in [4.69, 9.17) is 21.1 Å². The number of anilines is 1. The summed E-state index contributed by atoms with van der Waals surface area (Å²) in [6.07, 6.45) is 1.55. The molecule has 1 aliphatic rings. The van der Waals surface area contributed by atoms with Gasteiger partial charge in [-0.2, -0.15) is 0 Å². The van der Waals surface area contributed by atoms with E-state index in [1.807, 2.05) is 0 Å². The monoisotopic (exact) mass is 526 g/mol. The Bertz CT molecular complexity index is 1350. The highest BCUT2D eigenvalue weighted by Crippen LogP contribution is 2.35. The van der Waals surface area contributed by atoms with Crippen molar-refractivity contribution in [1.29, 1.82) is 0 Å². The number of nitrogens with zero attached hydrogens (tertiary/aromatic N) is 1. The molecule has 0 unspecified atom stereocenters. The number of ether oxygens (including phenoxy) is 2. The van der Waals surface area contributed by atoms with Crippen LogP contribution in [0.15, 0.2) is 71.6 Å². The van der Waals surface area contributed by atoms with Crippen LogP contribution < -0.4 is 14.8 Å². The number of halogens is 2. The molecule has 0 aliphatic carbocycles. The number of hydrogen-bond acceptors (Lipinski definition) is 6. The molecule has 1 fully saturated rings. The zero-order valence-corrected chi connectivity index (χ0v) is 20.6. The Labute approximate surface area is 215 Å². The Hall–Kier alpha value is -3.82. The normalized spacial score (nSPS) is 14.3. The largest absolute Gasteiger partial charge is 0.493 e. The van der Waals surface area contributed by atoms with Gasteiger partial charge in [0.25, 0.3) is 17.1 Å². The first kappa shape index (κ1) is 25.3. The zero-order valence-electron chi connectivity index (χ0n) is 19.0. The molecule has 0 aromatic heterocycles. The Morgan fingerprint density at radius 2 is 1.83 bits per heavy atom. The third-order valence-corrected chi connectivity index (χ3v) is 6.29. The van der Waals surface area contributed by atoms with E-state index in [2.05, 4.69) is 5.32 Å². The van der Waals surface area contributed by atoms with Crippen molar-refractivity contribution in [3.8, 4) is 11.5 Å². The van der Waals surface area contributed by atoms with Gasteiger partial charge in [-0.15, -0.1) is 0 Å². The molecule has 0 saturated carbocycles. The summed E-state index contributed by atoms with van der Waals surface area (Å²) < 4.78 is 24.9. The molecule has 4 rings (SSSR count). The van der Waals surface area contributed by atoms with Crippen LogP contribution in [0.4, 0.5) is 14.9 Å². The van der Waals surface area contributed by atoms with Crippen LogP contribution in [-0.4, -0.2) is 35.7 Å². The van der Waals surface area contributed by atoms with Crippen LogP contribution in [0.5, 0.6) is 11.5 Å². The second-order valence-corrected chi connectivity index (χ2v) is 9.04. The number of methoxy groups -OCH3 is 1. The van der Waals surface area contributed by atoms with Crippen LogP contribution in [-0.2, 0) is 16.1 Å². The number of thioether (sulfide) groups is 1. The van der Waals surface area contributed by atoms with Gasteiger partial charge in [-0.05, 0) is 65.9 Å². The van der Waals surface area contributed by atoms with Crippen LogP contribution in [0.1, 0.15) is 11.1 Å². The lowest BCUT2D eigenvalue weighted by molar-refractivity contribution is -0.123. The van der Waals surface area contributed by atoms with Crippen molar-refractivity contribution in [3.63, 3.8) is 0 Å². The molecule has 0 spiro atoms. The minimum Gasteiger partial charge on any atom is -0.493 e. The first-order valence-electron chi connectivity index (χ1n) is 10.7. The number of carbonyl (C=O) groups excluding carboxylic acids is 3. The van der Waals surface area contributed by atoms with Crippen molar-refractivity contribution in [3.05, 3.63) is 93.6 Å². The summed E-state index contributed by atoms with van der Waals surface area (Å²) in [7, 11) is 1.45. The average molecular weight is 527 g/mol. The summed E-state index contributed by atoms with van der Waals surface area (Å²) in [4.78, 5) is 38.6. The fraction of sp³-hybridized carbons (Fsp3) is 0.115. The van der Waals surface area contributed by atoms with E-state index >= 15 is 0 Å². The van der Waals surface area contributed by atoms with E-state index in [9.17, 15) is 18.8 Å². The molecule has 0 radical (unpaired) electrons. The van der Waals surface area contributed by atoms with Crippen LogP contribution in [0.25, 0.3) is 6.08 Å². The maximum absolute atomic E-state index is 14.0. The molecule has 1 saturated heterocycles. The fourth-order valence-corrected chi connectivity index (χ4v) is 4.32. The quantitative estimate of drug-likeness (QED) is 0.377. The van der Waals surface area contributed by atoms with Crippen molar-refractivity contribution in [2.75, 3.05) is 19.0 Å². The van der Waals surface area contributed by atoms with Gasteiger partial charge in [0.1, 0.15) is 5.82 Å². The predicted molar refractivity (Wildman–Crippen MR) is 136 cm³/mol. The second-order valence-electron chi connectivity index (χ2n) is 7.61. The topological polar surface area (TPSA) is 84.9 Å². The highest BCUT2D eigenvalue weighted by atomic mass is 35.5. The lowest BCUT2D eigenvalue weighted by Crippen LogP contribution is -2.27. The molecule has 0 atom stereocenters. The number of rotatable bonds is 8. The van der Waals surface area contributed by atoms with Crippen LogP contribution >= 0.6 is 23.4 Å². The summed E-state index contributed by atoms with van der Waals surface area (Å²) in [5.41, 5.74) is 1.42. The Kier molecular flexibility index (Phi) is 7.92. The summed E-state index contributed by atoms with van der Waals surface area (Å²) >= 11 is 6.62. The second kappa shape index (κ2) is 11.3. The summed E-state index contributed by atoms with van der Waals surface area (Å²) in [6, 6.07) is 17.6. The third kappa shape index (κ3) is 6.05. The molecular weight excluding hydrogens is 507 g/mol. The first-order chi connectivity index (χ1) is 17.3. The highest BCUT2D eigenvalue weighted by Gasteiger charge is 2.35. The molecule has 3 aromatic rings. The van der Waals surface area contributed by atoms with Crippen LogP contribution in [0.3, 0.4) is 0 Å². The van der Waals surface area contributed by atoms with Gasteiger partial charge < -0.3 is 14.8 Å². The maximum Gasteiger partial charge on any atom is 0.293 e. The van der Waals surface area contributed by atoms with Gasteiger partial charge in [-0.1, -0.05) is 35.9 Å². The van der Waals surface area contributed by atoms with E-state index < -0.39 is 17.0 Å². The summed E-state index contributed by atoms with van der Waals surface area (Å²) in [5, 5.41) is 2.78. The van der Waals surface area contributed by atoms with Crippen LogP contribution in [0, 0.1) is 5.82 Å². The van der Waals surface area contributed by atoms with Gasteiger partial charge in [-0.25, -0.2) is 4.39 Å². The van der Waals surface area contributed by atoms with Crippen molar-refractivity contribution < 1.29 is 28.2 Å². The SMILES string of the molecule is COc1cc(/C=C2\SC(=O)N(Cc3ccccc3F)C2=O)ccc1OCC(=O)Nc1ccc(Cl)cc1. The van der Waals surface area contributed by atoms with Crippen molar-refractivity contribution in [1.82, 2.24) is 4.90 Å². The summed E-state index contributed by atoms with van der Waals surface area (Å²) in [6.45, 7) is -0.407. The smallest absolute Gasteiger partial charge is 0.293 e. The Morgan fingerprint density at radius 3 is 2.56 bits per heavy atom. The minimum absolute atomic E-state index is 0.150. The molecule has 1 heterocycles. The number of hydrogen-bond donors (Lipinski definition) is 1. The standard InChI is InChI=1S/C26H20ClFN2O5S/c1-34-22-12-16(6-11-21(22)35-15-24(31)29-19-9-7-18(27)8-10-19)13-23-25(32)30(26(33)36-23)14-17-4-2-3-5-20(17)28/h2-13H,14-15H2,1H3,(H,29,31)/b23-13-. The Morgan fingerprint density at radius 1 is 1.08 bits per heavy atom. The number of carbonyl (C=O) groups is 3. The van der Waals surface area contributed by atoms with Crippen LogP contribution in [0.2, 0.25) is 5.02 Å². The van der Waals surface area contributed by atoms with Gasteiger partial charge in [0.2, 0.25) is 0 Å². The third-order valence-electron chi connectivity index (χ3n) is 5.13. The number of imide groups is 1. The highest BCUT2D eigenvalue weighted by molar-refractivity contribution is 8.18. The lowest BCUT2D eigenvalue weighted by Gasteiger charge is -2.13. The molecule has 0 bridgehead atoms. The molecule has 3 amide bonds. The van der Waals surface area contributed by atoms with E-state index in [0.29, 0.717) is 27.8 Å². The van der Waals surface area contributed by atoms with Crippen molar-refractivity contribution >= 4 is 52.2 Å². The van der Waals surface area contributed by atoms with Gasteiger partial charge in [0.05, 0.1) is 18.6 Å². The lowest BCUT2D eigenvalue weighted by atomic mass is 10.1. The van der Waals surface area contributed by atoms with Gasteiger partial charge in [-0.3, -0.25) is 19.3 Å². The van der Waals surface area contributed by atoms with Gasteiger partial charge in [0.15, 0.2) is 18.1 Å². The average Bonchev–Trinajstić information content (AvgIpc) is 3.13. The number of nitrogens with one attached hydrogen (secondary N) is 1. The molecule has 184 valence electrons. The van der Waals surface area contributed by atoms with E-state index in [1.54, 1.807) is 60.7 Å². The zero-order chi connectivity index (χ0) is 25.7. The molecule has 1 aliphatic heterocycles. The molecule has 36 heavy (non-hydrogen) atoms. The minimum atomic E-state index is -0.508. The summed E-state index contributed by atoms with van der Waals surface area (Å²) in [5.74, 6) is -0.691. The number of amides is 3. The van der Waals surface area contributed by atoms with Crippen molar-refractivity contribution in [2.24, 2.45) is 0 Å². The fourth-order valence-electron chi connectivity index (χ4n) is 3.35.